The smallest absolute Gasteiger partial charge is 0.311 e. The molecule has 0 bridgehead atoms. The lowest BCUT2D eigenvalue weighted by atomic mass is 9.81. The van der Waals surface area contributed by atoms with Crippen LogP contribution in [0, 0.1) is 11.3 Å². The molecule has 1 saturated heterocycles. The van der Waals surface area contributed by atoms with Gasteiger partial charge in [-0.2, -0.15) is 0 Å². The Balaban J connectivity index is 1.45. The molecule has 0 unspecified atom stereocenters. The Labute approximate surface area is 143 Å². The molecule has 2 aliphatic rings. The second kappa shape index (κ2) is 5.73. The van der Waals surface area contributed by atoms with Gasteiger partial charge >= 0.3 is 5.97 Å². The Kier molecular flexibility index (Phi) is 3.68. The first-order valence-electron chi connectivity index (χ1n) is 8.08. The molecule has 1 saturated carbocycles. The minimum atomic E-state index is -0.762. The average molecular weight is 346 g/mol. The van der Waals surface area contributed by atoms with Gasteiger partial charge in [-0.1, -0.05) is 12.5 Å². The third kappa shape index (κ3) is 2.43. The van der Waals surface area contributed by atoms with Gasteiger partial charge < -0.3 is 14.4 Å². The normalized spacial score (nSPS) is 25.8. The molecule has 0 spiro atoms. The van der Waals surface area contributed by atoms with Crippen molar-refractivity contribution in [2.45, 2.75) is 25.7 Å². The highest BCUT2D eigenvalue weighted by Crippen LogP contribution is 2.48. The maximum atomic E-state index is 12.6. The Morgan fingerprint density at radius 3 is 3.08 bits per heavy atom. The van der Waals surface area contributed by atoms with Gasteiger partial charge in [0.2, 0.25) is 11.8 Å². The van der Waals surface area contributed by atoms with Crippen molar-refractivity contribution in [2.75, 3.05) is 13.1 Å². The molecule has 2 fully saturated rings. The molecule has 2 atom stereocenters. The van der Waals surface area contributed by atoms with Crippen LogP contribution in [-0.2, 0) is 16.0 Å². The lowest BCUT2D eigenvalue weighted by molar-refractivity contribution is -0.149. The number of rotatable bonds is 4. The molecule has 1 aliphatic heterocycles. The van der Waals surface area contributed by atoms with Crippen molar-refractivity contribution in [2.24, 2.45) is 11.3 Å². The molecule has 24 heavy (non-hydrogen) atoms. The maximum Gasteiger partial charge on any atom is 0.311 e. The number of fused-ring (bicyclic) bond motifs is 1. The molecular weight excluding hydrogens is 328 g/mol. The number of carboxylic acid groups (broad SMARTS) is 1. The van der Waals surface area contributed by atoms with Crippen LogP contribution in [0.1, 0.15) is 25.0 Å². The number of carboxylic acids is 1. The molecule has 4 rings (SSSR count). The summed E-state index contributed by atoms with van der Waals surface area (Å²) in [6.45, 7) is 0.863. The van der Waals surface area contributed by atoms with Crippen LogP contribution in [0.5, 0.6) is 0 Å². The molecule has 1 aliphatic carbocycles. The molecule has 1 amide bonds. The third-order valence-electron chi connectivity index (χ3n) is 5.27. The number of oxazole rings is 1. The number of carbonyl (C=O) groups is 2. The minimum absolute atomic E-state index is 0.0731. The summed E-state index contributed by atoms with van der Waals surface area (Å²) in [5, 5.41) is 11.6. The summed E-state index contributed by atoms with van der Waals surface area (Å²) < 4.78 is 5.44. The summed E-state index contributed by atoms with van der Waals surface area (Å²) in [6, 6.07) is 3.84. The maximum absolute atomic E-state index is 12.6. The zero-order valence-corrected chi connectivity index (χ0v) is 13.9. The van der Waals surface area contributed by atoms with Gasteiger partial charge in [0.15, 0.2) is 0 Å². The third-order valence-corrected chi connectivity index (χ3v) is 6.12. The summed E-state index contributed by atoms with van der Waals surface area (Å²) in [5.74, 6) is -0.233. The van der Waals surface area contributed by atoms with Crippen LogP contribution in [0.3, 0.4) is 0 Å². The number of hydrogen-bond donors (Lipinski definition) is 1. The molecule has 7 heteroatoms. The van der Waals surface area contributed by atoms with Gasteiger partial charge in [0.25, 0.3) is 0 Å². The fraction of sp³-hybridized carbons (Fsp3) is 0.471. The monoisotopic (exact) mass is 346 g/mol. The first-order valence-corrected chi connectivity index (χ1v) is 8.96. The van der Waals surface area contributed by atoms with Crippen LogP contribution < -0.4 is 0 Å². The lowest BCUT2D eigenvalue weighted by Crippen LogP contribution is -2.37. The van der Waals surface area contributed by atoms with Crippen molar-refractivity contribution in [3.63, 3.8) is 0 Å². The van der Waals surface area contributed by atoms with E-state index in [1.54, 1.807) is 4.90 Å². The zero-order chi connectivity index (χ0) is 16.7. The Hall–Kier alpha value is -2.15. The van der Waals surface area contributed by atoms with E-state index in [0.717, 1.165) is 17.7 Å². The van der Waals surface area contributed by atoms with Crippen molar-refractivity contribution in [3.8, 4) is 10.8 Å². The van der Waals surface area contributed by atoms with Crippen molar-refractivity contribution in [3.05, 3.63) is 29.5 Å². The molecule has 3 heterocycles. The van der Waals surface area contributed by atoms with Crippen LogP contribution in [0.4, 0.5) is 0 Å². The second-order valence-corrected chi connectivity index (χ2v) is 7.57. The van der Waals surface area contributed by atoms with Crippen molar-refractivity contribution < 1.29 is 19.1 Å². The number of aliphatic carboxylic acids is 1. The molecule has 2 aromatic rings. The van der Waals surface area contributed by atoms with Gasteiger partial charge in [-0.3, -0.25) is 9.59 Å². The van der Waals surface area contributed by atoms with E-state index in [2.05, 4.69) is 4.98 Å². The predicted octanol–water partition coefficient (Wildman–Crippen LogP) is 2.66. The van der Waals surface area contributed by atoms with Gasteiger partial charge in [-0.05, 0) is 30.2 Å². The van der Waals surface area contributed by atoms with Gasteiger partial charge in [0.05, 0.1) is 22.4 Å². The fourth-order valence-electron chi connectivity index (χ4n) is 4.00. The molecular formula is C17H18N2O4S. The summed E-state index contributed by atoms with van der Waals surface area (Å²) in [5.41, 5.74) is -0.147. The first kappa shape index (κ1) is 15.4. The van der Waals surface area contributed by atoms with E-state index in [4.69, 9.17) is 4.42 Å². The Morgan fingerprint density at radius 2 is 2.38 bits per heavy atom. The first-order chi connectivity index (χ1) is 11.6. The largest absolute Gasteiger partial charge is 0.481 e. The number of likely N-dealkylation sites (tertiary alicyclic amines) is 1. The van der Waals surface area contributed by atoms with Crippen LogP contribution in [0.25, 0.3) is 10.8 Å². The van der Waals surface area contributed by atoms with Crippen molar-refractivity contribution >= 4 is 23.2 Å². The lowest BCUT2D eigenvalue weighted by Gasteiger charge is -2.23. The van der Waals surface area contributed by atoms with Gasteiger partial charge in [-0.25, -0.2) is 4.98 Å². The minimum Gasteiger partial charge on any atom is -0.481 e. The molecule has 0 aromatic carbocycles. The van der Waals surface area contributed by atoms with E-state index in [9.17, 15) is 14.7 Å². The van der Waals surface area contributed by atoms with Crippen LogP contribution in [-0.4, -0.2) is 40.0 Å². The summed E-state index contributed by atoms with van der Waals surface area (Å²) >= 11 is 1.53. The highest BCUT2D eigenvalue weighted by atomic mass is 32.1. The number of thiophene rings is 1. The van der Waals surface area contributed by atoms with E-state index < -0.39 is 11.4 Å². The van der Waals surface area contributed by atoms with Crippen LogP contribution >= 0.6 is 11.3 Å². The highest BCUT2D eigenvalue weighted by molar-refractivity contribution is 7.13. The quantitative estimate of drug-likeness (QED) is 0.920. The topological polar surface area (TPSA) is 83.6 Å². The fourth-order valence-corrected chi connectivity index (χ4v) is 4.65. The standard InChI is InChI=1S/C17H18N2O4S/c20-14(7-12-9-23-15(18-12)13-4-2-6-24-13)19-8-11-3-1-5-17(11,10-19)16(21)22/h2,4,6,9,11H,1,3,5,7-8,10H2,(H,21,22)/t11-,17+/m0/s1. The van der Waals surface area contributed by atoms with E-state index in [1.807, 2.05) is 17.5 Å². The Morgan fingerprint density at radius 1 is 1.50 bits per heavy atom. The number of amides is 1. The van der Waals surface area contributed by atoms with E-state index in [-0.39, 0.29) is 18.2 Å². The summed E-state index contributed by atoms with van der Waals surface area (Å²) in [7, 11) is 0. The van der Waals surface area contributed by atoms with Gasteiger partial charge in [0, 0.05) is 13.1 Å². The number of nitrogens with zero attached hydrogens (tertiary/aromatic N) is 2. The number of aromatic nitrogens is 1. The molecule has 6 nitrogen and oxygen atoms in total. The van der Waals surface area contributed by atoms with Crippen molar-refractivity contribution in [1.29, 1.82) is 0 Å². The van der Waals surface area contributed by atoms with Gasteiger partial charge in [0.1, 0.15) is 6.26 Å². The molecule has 2 aromatic heterocycles. The van der Waals surface area contributed by atoms with Crippen LogP contribution in [0.2, 0.25) is 0 Å². The molecule has 126 valence electrons. The highest BCUT2D eigenvalue weighted by Gasteiger charge is 2.55. The predicted molar refractivity (Wildman–Crippen MR) is 87.5 cm³/mol. The molecule has 0 radical (unpaired) electrons. The number of carbonyl (C=O) groups excluding carboxylic acids is 1. The Bertz CT molecular complexity index is 769. The van der Waals surface area contributed by atoms with Crippen LogP contribution in [0.15, 0.2) is 28.2 Å². The van der Waals surface area contributed by atoms with E-state index in [0.29, 0.717) is 31.1 Å². The summed E-state index contributed by atoms with van der Waals surface area (Å²) in [4.78, 5) is 31.2. The van der Waals surface area contributed by atoms with E-state index >= 15 is 0 Å². The van der Waals surface area contributed by atoms with Crippen molar-refractivity contribution in [1.82, 2.24) is 9.88 Å². The summed E-state index contributed by atoms with van der Waals surface area (Å²) in [6.07, 6.45) is 4.16. The zero-order valence-electron chi connectivity index (χ0n) is 13.1. The number of hydrogen-bond acceptors (Lipinski definition) is 5. The molecule has 1 N–H and O–H groups in total. The average Bonchev–Trinajstić information content (AvgIpc) is 3.30. The van der Waals surface area contributed by atoms with Gasteiger partial charge in [-0.15, -0.1) is 11.3 Å². The second-order valence-electron chi connectivity index (χ2n) is 6.62. The SMILES string of the molecule is O=C(Cc1coc(-c2cccs2)n1)N1C[C@@H]2CCC[C@@]2(C(=O)O)C1. The van der Waals surface area contributed by atoms with E-state index in [1.165, 1.54) is 17.6 Å².